The number of anilines is 1. The molecule has 10 heteroatoms. The Labute approximate surface area is 147 Å². The molecule has 2 aromatic heterocycles. The number of carboxylic acid groups (broad SMARTS) is 1. The molecule has 7 nitrogen and oxygen atoms in total. The van der Waals surface area contributed by atoms with Crippen LogP contribution in [0.1, 0.15) is 37.4 Å². The van der Waals surface area contributed by atoms with E-state index in [-0.39, 0.29) is 20.3 Å². The first-order chi connectivity index (χ1) is 11.2. The highest BCUT2D eigenvalue weighted by atomic mass is 32.2. The second-order valence-electron chi connectivity index (χ2n) is 4.81. The minimum atomic E-state index is -3.62. The van der Waals surface area contributed by atoms with Crippen LogP contribution in [-0.4, -0.2) is 32.4 Å². The van der Waals surface area contributed by atoms with Crippen LogP contribution in [0.3, 0.4) is 0 Å². The SMILES string of the molecule is CCc1c(C)sc(NC(=O)c2cc(S(=O)(=O)NC)cs2)c1C(=O)O. The first kappa shape index (κ1) is 18.6. The van der Waals surface area contributed by atoms with Gasteiger partial charge in [-0.05, 0) is 32.0 Å². The number of carboxylic acids is 1. The lowest BCUT2D eigenvalue weighted by Crippen LogP contribution is -2.18. The van der Waals surface area contributed by atoms with Crippen molar-refractivity contribution in [2.45, 2.75) is 25.2 Å². The van der Waals surface area contributed by atoms with Crippen LogP contribution in [0, 0.1) is 6.92 Å². The molecule has 24 heavy (non-hydrogen) atoms. The summed E-state index contributed by atoms with van der Waals surface area (Å²) in [6, 6.07) is 1.26. The van der Waals surface area contributed by atoms with Crippen molar-refractivity contribution in [1.29, 1.82) is 0 Å². The maximum atomic E-state index is 12.3. The fourth-order valence-corrected chi connectivity index (χ4v) is 5.21. The third-order valence-electron chi connectivity index (χ3n) is 3.38. The Hall–Kier alpha value is -1.75. The fraction of sp³-hybridized carbons (Fsp3) is 0.286. The van der Waals surface area contributed by atoms with Crippen LogP contribution in [-0.2, 0) is 16.4 Å². The predicted molar refractivity (Wildman–Crippen MR) is 93.9 cm³/mol. The quantitative estimate of drug-likeness (QED) is 0.704. The molecule has 0 radical (unpaired) electrons. The fourth-order valence-electron chi connectivity index (χ4n) is 2.18. The third-order valence-corrected chi connectivity index (χ3v) is 6.92. The molecular weight excluding hydrogens is 372 g/mol. The summed E-state index contributed by atoms with van der Waals surface area (Å²) in [4.78, 5) is 24.8. The zero-order chi connectivity index (χ0) is 18.1. The van der Waals surface area contributed by atoms with Crippen molar-refractivity contribution in [2.24, 2.45) is 0 Å². The molecule has 0 saturated heterocycles. The van der Waals surface area contributed by atoms with Gasteiger partial charge < -0.3 is 10.4 Å². The summed E-state index contributed by atoms with van der Waals surface area (Å²) in [6.45, 7) is 3.65. The lowest BCUT2D eigenvalue weighted by molar-refractivity contribution is 0.0697. The van der Waals surface area contributed by atoms with Gasteiger partial charge in [0.25, 0.3) is 5.91 Å². The molecule has 0 bridgehead atoms. The van der Waals surface area contributed by atoms with E-state index in [4.69, 9.17) is 0 Å². The molecule has 0 aromatic carbocycles. The number of aryl methyl sites for hydroxylation is 1. The van der Waals surface area contributed by atoms with Crippen LogP contribution >= 0.6 is 22.7 Å². The molecule has 2 rings (SSSR count). The Balaban J connectivity index is 2.33. The number of hydrogen-bond donors (Lipinski definition) is 3. The van der Waals surface area contributed by atoms with Crippen molar-refractivity contribution in [3.63, 3.8) is 0 Å². The van der Waals surface area contributed by atoms with Crippen LogP contribution in [0.15, 0.2) is 16.3 Å². The lowest BCUT2D eigenvalue weighted by Gasteiger charge is -2.03. The third kappa shape index (κ3) is 3.51. The molecule has 0 aliphatic rings. The standard InChI is InChI=1S/C14H16N2O5S3/c1-4-9-7(2)23-13(11(9)14(18)19)16-12(17)10-5-8(6-22-10)24(20,21)15-3/h5-6,15H,4H2,1-3H3,(H,16,17)(H,18,19). The van der Waals surface area contributed by atoms with Crippen molar-refractivity contribution in [3.8, 4) is 0 Å². The van der Waals surface area contributed by atoms with E-state index in [1.54, 1.807) is 6.92 Å². The highest BCUT2D eigenvalue weighted by Gasteiger charge is 2.23. The molecule has 1 amide bonds. The van der Waals surface area contributed by atoms with E-state index in [1.165, 1.54) is 29.8 Å². The van der Waals surface area contributed by atoms with Gasteiger partial charge in [0, 0.05) is 10.3 Å². The van der Waals surface area contributed by atoms with Gasteiger partial charge in [-0.25, -0.2) is 17.9 Å². The van der Waals surface area contributed by atoms with Crippen molar-refractivity contribution >= 4 is 49.6 Å². The Bertz CT molecular complexity index is 896. The number of sulfonamides is 1. The van der Waals surface area contributed by atoms with Gasteiger partial charge in [-0.3, -0.25) is 4.79 Å². The van der Waals surface area contributed by atoms with Crippen LogP contribution in [0.4, 0.5) is 5.00 Å². The number of carbonyl (C=O) groups excluding carboxylic acids is 1. The van der Waals surface area contributed by atoms with E-state index in [0.717, 1.165) is 16.2 Å². The smallest absolute Gasteiger partial charge is 0.339 e. The number of aromatic carboxylic acids is 1. The monoisotopic (exact) mass is 388 g/mol. The Morgan fingerprint density at radius 2 is 2.00 bits per heavy atom. The van der Waals surface area contributed by atoms with Crippen molar-refractivity contribution in [1.82, 2.24) is 4.72 Å². The number of rotatable bonds is 6. The second-order valence-corrected chi connectivity index (χ2v) is 8.83. The van der Waals surface area contributed by atoms with E-state index < -0.39 is 21.9 Å². The summed E-state index contributed by atoms with van der Waals surface area (Å²) in [5.41, 5.74) is 0.778. The lowest BCUT2D eigenvalue weighted by atomic mass is 10.1. The van der Waals surface area contributed by atoms with Gasteiger partial charge in [-0.15, -0.1) is 22.7 Å². The number of amides is 1. The van der Waals surface area contributed by atoms with Crippen LogP contribution in [0.25, 0.3) is 0 Å². The summed E-state index contributed by atoms with van der Waals surface area (Å²) in [5.74, 6) is -1.64. The largest absolute Gasteiger partial charge is 0.478 e. The summed E-state index contributed by atoms with van der Waals surface area (Å²) >= 11 is 2.17. The van der Waals surface area contributed by atoms with Crippen LogP contribution in [0.2, 0.25) is 0 Å². The highest BCUT2D eigenvalue weighted by molar-refractivity contribution is 7.89. The predicted octanol–water partition coefficient (Wildman–Crippen LogP) is 2.54. The molecule has 0 spiro atoms. The first-order valence-corrected chi connectivity index (χ1v) is 10.1. The zero-order valence-corrected chi connectivity index (χ0v) is 15.6. The maximum Gasteiger partial charge on any atom is 0.339 e. The number of hydrogen-bond acceptors (Lipinski definition) is 6. The van der Waals surface area contributed by atoms with Gasteiger partial charge in [0.2, 0.25) is 10.0 Å². The normalized spacial score (nSPS) is 11.5. The topological polar surface area (TPSA) is 113 Å². The summed E-state index contributed by atoms with van der Waals surface area (Å²) in [6.07, 6.45) is 0.545. The second kappa shape index (κ2) is 7.01. The van der Waals surface area contributed by atoms with Crippen molar-refractivity contribution in [3.05, 3.63) is 32.3 Å². The summed E-state index contributed by atoms with van der Waals surface area (Å²) in [7, 11) is -2.34. The van der Waals surface area contributed by atoms with E-state index in [9.17, 15) is 23.1 Å². The van der Waals surface area contributed by atoms with Gasteiger partial charge in [0.05, 0.1) is 15.3 Å². The maximum absolute atomic E-state index is 12.3. The van der Waals surface area contributed by atoms with Gasteiger partial charge in [-0.2, -0.15) is 0 Å². The minimum absolute atomic E-state index is 0.00443. The number of nitrogens with one attached hydrogen (secondary N) is 2. The highest BCUT2D eigenvalue weighted by Crippen LogP contribution is 2.34. The molecule has 2 aromatic rings. The van der Waals surface area contributed by atoms with Gasteiger partial charge in [0.15, 0.2) is 0 Å². The van der Waals surface area contributed by atoms with Gasteiger partial charge >= 0.3 is 5.97 Å². The molecule has 0 aliphatic heterocycles. The Morgan fingerprint density at radius 1 is 1.33 bits per heavy atom. The summed E-state index contributed by atoms with van der Waals surface area (Å²) < 4.78 is 25.6. The average molecular weight is 388 g/mol. The van der Waals surface area contributed by atoms with Crippen LogP contribution in [0.5, 0.6) is 0 Å². The van der Waals surface area contributed by atoms with Crippen LogP contribution < -0.4 is 10.0 Å². The molecule has 3 N–H and O–H groups in total. The molecule has 0 atom stereocenters. The minimum Gasteiger partial charge on any atom is -0.478 e. The van der Waals surface area contributed by atoms with Gasteiger partial charge in [0.1, 0.15) is 5.00 Å². The molecule has 0 unspecified atom stereocenters. The first-order valence-electron chi connectivity index (χ1n) is 6.90. The van der Waals surface area contributed by atoms with E-state index in [1.807, 2.05) is 6.92 Å². The summed E-state index contributed by atoms with van der Waals surface area (Å²) in [5, 5.41) is 13.6. The number of thiophene rings is 2. The van der Waals surface area contributed by atoms with Crippen molar-refractivity contribution in [2.75, 3.05) is 12.4 Å². The molecule has 0 saturated carbocycles. The molecule has 2 heterocycles. The van der Waals surface area contributed by atoms with E-state index in [2.05, 4.69) is 10.0 Å². The van der Waals surface area contributed by atoms with Gasteiger partial charge in [-0.1, -0.05) is 6.92 Å². The zero-order valence-electron chi connectivity index (χ0n) is 13.2. The Morgan fingerprint density at radius 3 is 2.54 bits per heavy atom. The average Bonchev–Trinajstić information content (AvgIpc) is 3.12. The molecule has 0 fully saturated rings. The number of carbonyl (C=O) groups is 2. The Kier molecular flexibility index (Phi) is 5.43. The van der Waals surface area contributed by atoms with E-state index in [0.29, 0.717) is 12.0 Å². The molecular formula is C14H16N2O5S3. The molecule has 0 aliphatic carbocycles. The van der Waals surface area contributed by atoms with E-state index >= 15 is 0 Å². The molecule has 130 valence electrons. The van der Waals surface area contributed by atoms with Crippen molar-refractivity contribution < 1.29 is 23.1 Å².